The molecule has 21 heavy (non-hydrogen) atoms. The highest BCUT2D eigenvalue weighted by atomic mass is 19.4. The molecular formula is C11H6F6N2O2. The average molecular weight is 312 g/mol. The Kier molecular flexibility index (Phi) is 3.34. The molecule has 0 unspecified atom stereocenters. The Labute approximate surface area is 113 Å². The number of furan rings is 1. The molecule has 0 aliphatic carbocycles. The largest absolute Gasteiger partial charge is 0.459 e. The van der Waals surface area contributed by atoms with Crippen molar-refractivity contribution in [3.05, 3.63) is 36.8 Å². The van der Waals surface area contributed by atoms with Gasteiger partial charge < -0.3 is 9.15 Å². The summed E-state index contributed by atoms with van der Waals surface area (Å²) in [5.74, 6) is -2.35. The molecule has 1 aromatic heterocycles. The first-order chi connectivity index (χ1) is 9.61. The van der Waals surface area contributed by atoms with E-state index in [4.69, 9.17) is 9.15 Å². The maximum absolute atomic E-state index is 13.0. The van der Waals surface area contributed by atoms with E-state index in [0.717, 1.165) is 12.3 Å². The Hall–Kier alpha value is -2.26. The van der Waals surface area contributed by atoms with Crippen LogP contribution in [0, 0.1) is 0 Å². The summed E-state index contributed by atoms with van der Waals surface area (Å²) >= 11 is 0. The van der Waals surface area contributed by atoms with Crippen molar-refractivity contribution in [2.75, 3.05) is 0 Å². The molecule has 0 bridgehead atoms. The van der Waals surface area contributed by atoms with Crippen LogP contribution in [0.5, 0.6) is 0 Å². The third kappa shape index (κ3) is 2.41. The van der Waals surface area contributed by atoms with Gasteiger partial charge in [-0.05, 0) is 18.2 Å². The molecule has 1 aliphatic heterocycles. The number of aliphatic imine (C=N–C) groups is 2. The molecule has 10 heteroatoms. The summed E-state index contributed by atoms with van der Waals surface area (Å²) in [6.45, 7) is 3.05. The summed E-state index contributed by atoms with van der Waals surface area (Å²) in [7, 11) is 0. The number of halogens is 6. The molecule has 0 fully saturated rings. The number of rotatable bonds is 2. The van der Waals surface area contributed by atoms with E-state index in [1.54, 1.807) is 0 Å². The topological polar surface area (TPSA) is 47.1 Å². The molecule has 0 amide bonds. The second-order valence-corrected chi connectivity index (χ2v) is 3.82. The van der Waals surface area contributed by atoms with E-state index < -0.39 is 35.6 Å². The van der Waals surface area contributed by atoms with E-state index >= 15 is 0 Å². The molecule has 4 nitrogen and oxygen atoms in total. The molecule has 114 valence electrons. The molecule has 0 saturated heterocycles. The van der Waals surface area contributed by atoms with Crippen LogP contribution in [-0.2, 0) is 4.74 Å². The van der Waals surface area contributed by atoms with E-state index in [1.807, 2.05) is 0 Å². The van der Waals surface area contributed by atoms with Gasteiger partial charge in [0.1, 0.15) is 0 Å². The first-order valence-electron chi connectivity index (χ1n) is 5.28. The Balaban J connectivity index is 2.68. The van der Waals surface area contributed by atoms with Gasteiger partial charge in [0.2, 0.25) is 5.90 Å². The zero-order valence-corrected chi connectivity index (χ0v) is 10.00. The van der Waals surface area contributed by atoms with Gasteiger partial charge in [0.05, 0.1) is 6.26 Å². The molecule has 0 aromatic carbocycles. The van der Waals surface area contributed by atoms with Crippen molar-refractivity contribution in [1.29, 1.82) is 0 Å². The molecular weight excluding hydrogens is 306 g/mol. The number of alkyl halides is 6. The van der Waals surface area contributed by atoms with E-state index in [0.29, 0.717) is 6.08 Å². The van der Waals surface area contributed by atoms with Crippen LogP contribution in [0.3, 0.4) is 0 Å². The zero-order chi connectivity index (χ0) is 15.9. The highest BCUT2D eigenvalue weighted by Gasteiger charge is 2.74. The lowest BCUT2D eigenvalue weighted by molar-refractivity contribution is -0.293. The SMILES string of the molecule is C=CC1=NC(C(F)(F)F)(C(F)(F)F)N=C(c2ccco2)O1. The highest BCUT2D eigenvalue weighted by molar-refractivity contribution is 6.05. The monoisotopic (exact) mass is 312 g/mol. The van der Waals surface area contributed by atoms with Crippen molar-refractivity contribution >= 4 is 11.8 Å². The van der Waals surface area contributed by atoms with Crippen LogP contribution >= 0.6 is 0 Å². The quantitative estimate of drug-likeness (QED) is 0.785. The lowest BCUT2D eigenvalue weighted by Gasteiger charge is -2.33. The normalized spacial score (nSPS) is 18.6. The highest BCUT2D eigenvalue weighted by Crippen LogP contribution is 2.48. The molecule has 1 aliphatic rings. The fourth-order valence-corrected chi connectivity index (χ4v) is 1.48. The summed E-state index contributed by atoms with van der Waals surface area (Å²) in [6.07, 6.45) is -9.98. The van der Waals surface area contributed by atoms with E-state index in [2.05, 4.69) is 16.6 Å². The van der Waals surface area contributed by atoms with Crippen molar-refractivity contribution < 1.29 is 35.5 Å². The van der Waals surface area contributed by atoms with Gasteiger partial charge in [-0.1, -0.05) is 6.58 Å². The van der Waals surface area contributed by atoms with Crippen LogP contribution in [0.4, 0.5) is 26.3 Å². The zero-order valence-electron chi connectivity index (χ0n) is 10.00. The van der Waals surface area contributed by atoms with Gasteiger partial charge >= 0.3 is 18.0 Å². The summed E-state index contributed by atoms with van der Waals surface area (Å²) in [4.78, 5) is 5.14. The molecule has 0 N–H and O–H groups in total. The maximum atomic E-state index is 13.0. The van der Waals surface area contributed by atoms with Crippen molar-refractivity contribution in [3.8, 4) is 0 Å². The Morgan fingerprint density at radius 3 is 2.14 bits per heavy atom. The van der Waals surface area contributed by atoms with Gasteiger partial charge in [-0.2, -0.15) is 31.3 Å². The maximum Gasteiger partial charge on any atom is 0.443 e. The van der Waals surface area contributed by atoms with Gasteiger partial charge in [0, 0.05) is 0 Å². The van der Waals surface area contributed by atoms with Gasteiger partial charge in [-0.15, -0.1) is 0 Å². The average Bonchev–Trinajstić information content (AvgIpc) is 2.89. The third-order valence-electron chi connectivity index (χ3n) is 2.43. The fourth-order valence-electron chi connectivity index (χ4n) is 1.48. The van der Waals surface area contributed by atoms with Crippen LogP contribution in [0.1, 0.15) is 5.76 Å². The van der Waals surface area contributed by atoms with Gasteiger partial charge in [-0.3, -0.25) is 0 Å². The van der Waals surface area contributed by atoms with Crippen molar-refractivity contribution in [3.63, 3.8) is 0 Å². The van der Waals surface area contributed by atoms with Crippen LogP contribution in [0.2, 0.25) is 0 Å². The van der Waals surface area contributed by atoms with Gasteiger partial charge in [0.15, 0.2) is 5.76 Å². The first-order valence-corrected chi connectivity index (χ1v) is 5.28. The number of hydrogen-bond acceptors (Lipinski definition) is 4. The van der Waals surface area contributed by atoms with Crippen LogP contribution in [0.15, 0.2) is 45.5 Å². The summed E-state index contributed by atoms with van der Waals surface area (Å²) < 4.78 is 87.2. The lowest BCUT2D eigenvalue weighted by atomic mass is 10.1. The predicted octanol–water partition coefficient (Wildman–Crippen LogP) is 3.46. The van der Waals surface area contributed by atoms with E-state index in [9.17, 15) is 26.3 Å². The van der Waals surface area contributed by atoms with E-state index in [1.165, 1.54) is 6.07 Å². The summed E-state index contributed by atoms with van der Waals surface area (Å²) in [5, 5.41) is 0. The van der Waals surface area contributed by atoms with Gasteiger partial charge in [0.25, 0.3) is 5.90 Å². The summed E-state index contributed by atoms with van der Waals surface area (Å²) in [5.41, 5.74) is -4.66. The molecule has 2 rings (SSSR count). The number of hydrogen-bond donors (Lipinski definition) is 0. The van der Waals surface area contributed by atoms with Gasteiger partial charge in [-0.25, -0.2) is 4.99 Å². The Morgan fingerprint density at radius 2 is 1.71 bits per heavy atom. The Bertz CT molecular complexity index is 583. The van der Waals surface area contributed by atoms with Crippen LogP contribution in [0.25, 0.3) is 0 Å². The number of ether oxygens (including phenoxy) is 1. The molecule has 0 saturated carbocycles. The number of nitrogens with zero attached hydrogens (tertiary/aromatic N) is 2. The molecule has 0 spiro atoms. The summed E-state index contributed by atoms with van der Waals surface area (Å²) in [6, 6.07) is 2.35. The minimum atomic E-state index is -5.82. The molecule has 1 aromatic rings. The minimum Gasteiger partial charge on any atom is -0.459 e. The predicted molar refractivity (Wildman–Crippen MR) is 58.8 cm³/mol. The fraction of sp³-hybridized carbons (Fsp3) is 0.273. The van der Waals surface area contributed by atoms with Crippen molar-refractivity contribution in [2.45, 2.75) is 18.0 Å². The molecule has 2 heterocycles. The van der Waals surface area contributed by atoms with Crippen molar-refractivity contribution in [2.24, 2.45) is 9.98 Å². The lowest BCUT2D eigenvalue weighted by Crippen LogP contribution is -2.56. The second kappa shape index (κ2) is 4.64. The molecule has 0 radical (unpaired) electrons. The van der Waals surface area contributed by atoms with Crippen LogP contribution in [-0.4, -0.2) is 29.8 Å². The van der Waals surface area contributed by atoms with Crippen LogP contribution < -0.4 is 0 Å². The third-order valence-corrected chi connectivity index (χ3v) is 2.43. The second-order valence-electron chi connectivity index (χ2n) is 3.82. The smallest absolute Gasteiger partial charge is 0.443 e. The standard InChI is InChI=1S/C11H6F6N2O2/c1-2-7-18-9(10(12,13)14,11(15,16)17)19-8(21-7)6-4-3-5-20-6/h2-5H,1H2. The van der Waals surface area contributed by atoms with Crippen molar-refractivity contribution in [1.82, 2.24) is 0 Å². The molecule has 0 atom stereocenters. The Morgan fingerprint density at radius 1 is 1.10 bits per heavy atom. The minimum absolute atomic E-state index is 0.401. The first kappa shape index (κ1) is 15.1. The van der Waals surface area contributed by atoms with E-state index in [-0.39, 0.29) is 0 Å².